The Morgan fingerprint density at radius 2 is 2.32 bits per heavy atom. The maximum Gasteiger partial charge on any atom is 0.157 e. The van der Waals surface area contributed by atoms with Crippen LogP contribution in [0.1, 0.15) is 38.2 Å². The second kappa shape index (κ2) is 5.59. The Labute approximate surface area is 118 Å². The first-order chi connectivity index (χ1) is 8.90. The molecule has 1 aromatic rings. The number of carbonyl (C=O) groups excluding carboxylic acids is 1. The highest BCUT2D eigenvalue weighted by Gasteiger charge is 2.37. The van der Waals surface area contributed by atoms with Crippen molar-refractivity contribution in [1.29, 1.82) is 0 Å². The first-order valence-electron chi connectivity index (χ1n) is 6.67. The van der Waals surface area contributed by atoms with Crippen LogP contribution in [0.15, 0.2) is 18.2 Å². The molecule has 0 radical (unpaired) electrons. The van der Waals surface area contributed by atoms with Crippen LogP contribution in [0, 0.1) is 11.7 Å². The van der Waals surface area contributed by atoms with E-state index < -0.39 is 11.4 Å². The summed E-state index contributed by atoms with van der Waals surface area (Å²) in [6, 6.07) is 4.11. The van der Waals surface area contributed by atoms with Gasteiger partial charge in [0.15, 0.2) is 5.78 Å². The van der Waals surface area contributed by atoms with Gasteiger partial charge in [-0.1, -0.05) is 37.4 Å². The fraction of sp³-hybridized carbons (Fsp3) is 0.533. The zero-order valence-electron chi connectivity index (χ0n) is 11.1. The van der Waals surface area contributed by atoms with Gasteiger partial charge in [0, 0.05) is 11.4 Å². The highest BCUT2D eigenvalue weighted by atomic mass is 35.5. The predicted octanol–water partition coefficient (Wildman–Crippen LogP) is 3.50. The van der Waals surface area contributed by atoms with Crippen molar-refractivity contribution in [2.75, 3.05) is 0 Å². The average Bonchev–Trinajstić information content (AvgIpc) is 2.32. The van der Waals surface area contributed by atoms with Gasteiger partial charge in [-0.15, -0.1) is 0 Å². The number of hydrogen-bond donors (Lipinski definition) is 1. The van der Waals surface area contributed by atoms with Crippen molar-refractivity contribution in [3.63, 3.8) is 0 Å². The maximum atomic E-state index is 13.0. The Balaban J connectivity index is 2.12. The number of benzene rings is 1. The second-order valence-electron chi connectivity index (χ2n) is 5.69. The van der Waals surface area contributed by atoms with Crippen LogP contribution in [0.2, 0.25) is 5.02 Å². The summed E-state index contributed by atoms with van der Waals surface area (Å²) in [5.74, 6) is 0.0916. The summed E-state index contributed by atoms with van der Waals surface area (Å²) in [5.41, 5.74) is 6.16. The molecule has 0 aliphatic heterocycles. The molecule has 0 amide bonds. The first kappa shape index (κ1) is 14.5. The Hall–Kier alpha value is -0.930. The van der Waals surface area contributed by atoms with Gasteiger partial charge in [0.1, 0.15) is 5.82 Å². The van der Waals surface area contributed by atoms with E-state index in [0.717, 1.165) is 25.7 Å². The molecule has 2 nitrogen and oxygen atoms in total. The zero-order valence-corrected chi connectivity index (χ0v) is 11.8. The van der Waals surface area contributed by atoms with E-state index in [-0.39, 0.29) is 12.2 Å². The molecule has 19 heavy (non-hydrogen) atoms. The van der Waals surface area contributed by atoms with Crippen LogP contribution in [0.5, 0.6) is 0 Å². The van der Waals surface area contributed by atoms with Crippen LogP contribution < -0.4 is 5.73 Å². The molecular formula is C15H19ClFNO. The van der Waals surface area contributed by atoms with Crippen molar-refractivity contribution in [2.45, 2.75) is 44.6 Å². The summed E-state index contributed by atoms with van der Waals surface area (Å²) in [5, 5.41) is 0.292. The molecule has 0 bridgehead atoms. The number of Topliss-reactive ketones (excluding diaryl/α,β-unsaturated/α-hetero) is 1. The van der Waals surface area contributed by atoms with Crippen LogP contribution in [0.25, 0.3) is 0 Å². The molecule has 4 heteroatoms. The van der Waals surface area contributed by atoms with Gasteiger partial charge in [-0.3, -0.25) is 4.79 Å². The van der Waals surface area contributed by atoms with E-state index in [2.05, 4.69) is 6.92 Å². The van der Waals surface area contributed by atoms with E-state index in [4.69, 9.17) is 17.3 Å². The molecule has 0 heterocycles. The Morgan fingerprint density at radius 3 is 2.95 bits per heavy atom. The number of hydrogen-bond acceptors (Lipinski definition) is 2. The molecule has 2 atom stereocenters. The molecule has 104 valence electrons. The lowest BCUT2D eigenvalue weighted by Gasteiger charge is -2.35. The smallest absolute Gasteiger partial charge is 0.157 e. The van der Waals surface area contributed by atoms with Crippen molar-refractivity contribution >= 4 is 17.4 Å². The summed E-state index contributed by atoms with van der Waals surface area (Å²) in [4.78, 5) is 12.4. The minimum absolute atomic E-state index is 0.00700. The molecule has 2 rings (SSSR count). The first-order valence-corrected chi connectivity index (χ1v) is 7.04. The molecule has 1 aliphatic rings. The van der Waals surface area contributed by atoms with Gasteiger partial charge >= 0.3 is 0 Å². The normalized spacial score (nSPS) is 27.3. The van der Waals surface area contributed by atoms with Crippen molar-refractivity contribution in [3.05, 3.63) is 34.6 Å². The number of rotatable bonds is 3. The van der Waals surface area contributed by atoms with E-state index in [9.17, 15) is 9.18 Å². The molecule has 2 N–H and O–H groups in total. The molecule has 0 spiro atoms. The van der Waals surface area contributed by atoms with Crippen LogP contribution in [0.4, 0.5) is 4.39 Å². The lowest BCUT2D eigenvalue weighted by molar-refractivity contribution is -0.125. The topological polar surface area (TPSA) is 43.1 Å². The van der Waals surface area contributed by atoms with Gasteiger partial charge in [-0.2, -0.15) is 0 Å². The van der Waals surface area contributed by atoms with Crippen LogP contribution in [-0.4, -0.2) is 11.3 Å². The second-order valence-corrected chi connectivity index (χ2v) is 6.10. The molecule has 0 saturated heterocycles. The largest absolute Gasteiger partial charge is 0.319 e. The van der Waals surface area contributed by atoms with Gasteiger partial charge in [0.05, 0.1) is 5.54 Å². The van der Waals surface area contributed by atoms with Gasteiger partial charge in [-0.05, 0) is 36.5 Å². The summed E-state index contributed by atoms with van der Waals surface area (Å²) < 4.78 is 13.0. The molecule has 0 aromatic heterocycles. The van der Waals surface area contributed by atoms with E-state index in [1.165, 1.54) is 12.1 Å². The van der Waals surface area contributed by atoms with E-state index in [0.29, 0.717) is 16.5 Å². The third-order valence-electron chi connectivity index (χ3n) is 3.95. The van der Waals surface area contributed by atoms with Crippen LogP contribution >= 0.6 is 11.6 Å². The molecule has 1 aromatic carbocycles. The number of halogens is 2. The molecule has 1 fully saturated rings. The average molecular weight is 284 g/mol. The van der Waals surface area contributed by atoms with Gasteiger partial charge in [0.25, 0.3) is 0 Å². The Kier molecular flexibility index (Phi) is 4.26. The van der Waals surface area contributed by atoms with Crippen molar-refractivity contribution in [3.8, 4) is 0 Å². The lowest BCUT2D eigenvalue weighted by Crippen LogP contribution is -2.51. The predicted molar refractivity (Wildman–Crippen MR) is 74.7 cm³/mol. The number of carbonyl (C=O) groups is 1. The number of nitrogens with two attached hydrogens (primary N) is 1. The van der Waals surface area contributed by atoms with Gasteiger partial charge < -0.3 is 5.73 Å². The minimum atomic E-state index is -0.741. The highest BCUT2D eigenvalue weighted by molar-refractivity contribution is 6.31. The summed E-state index contributed by atoms with van der Waals surface area (Å²) in [7, 11) is 0. The summed E-state index contributed by atoms with van der Waals surface area (Å²) >= 11 is 5.95. The molecule has 2 unspecified atom stereocenters. The summed E-state index contributed by atoms with van der Waals surface area (Å²) in [6.45, 7) is 2.12. The Morgan fingerprint density at radius 1 is 1.58 bits per heavy atom. The molecule has 1 aliphatic carbocycles. The quantitative estimate of drug-likeness (QED) is 0.923. The maximum absolute atomic E-state index is 13.0. The third-order valence-corrected chi connectivity index (χ3v) is 4.31. The summed E-state index contributed by atoms with van der Waals surface area (Å²) in [6.07, 6.45) is 3.76. The van der Waals surface area contributed by atoms with Gasteiger partial charge in [-0.25, -0.2) is 4.39 Å². The van der Waals surface area contributed by atoms with Crippen molar-refractivity contribution < 1.29 is 9.18 Å². The van der Waals surface area contributed by atoms with Crippen molar-refractivity contribution in [1.82, 2.24) is 0 Å². The monoisotopic (exact) mass is 283 g/mol. The Bertz CT molecular complexity index is 491. The van der Waals surface area contributed by atoms with E-state index >= 15 is 0 Å². The highest BCUT2D eigenvalue weighted by Crippen LogP contribution is 2.32. The standard InChI is InChI=1S/C15H19ClFNO/c1-10-3-2-6-15(18,9-10)14(19)7-11-4-5-12(17)8-13(11)16/h4-5,8,10H,2-3,6-7,9,18H2,1H3. The molecule has 1 saturated carbocycles. The van der Waals surface area contributed by atoms with Crippen LogP contribution in [0.3, 0.4) is 0 Å². The van der Waals surface area contributed by atoms with E-state index in [1.54, 1.807) is 6.07 Å². The fourth-order valence-corrected chi connectivity index (χ4v) is 3.09. The van der Waals surface area contributed by atoms with Crippen LogP contribution in [-0.2, 0) is 11.2 Å². The zero-order chi connectivity index (χ0) is 14.0. The SMILES string of the molecule is CC1CCCC(N)(C(=O)Cc2ccc(F)cc2Cl)C1. The lowest BCUT2D eigenvalue weighted by atomic mass is 9.73. The fourth-order valence-electron chi connectivity index (χ4n) is 2.86. The van der Waals surface area contributed by atoms with Crippen molar-refractivity contribution in [2.24, 2.45) is 11.7 Å². The minimum Gasteiger partial charge on any atom is -0.319 e. The van der Waals surface area contributed by atoms with E-state index in [1.807, 2.05) is 0 Å². The molecular weight excluding hydrogens is 265 g/mol. The van der Waals surface area contributed by atoms with Gasteiger partial charge in [0.2, 0.25) is 0 Å². The third kappa shape index (κ3) is 3.34. The number of ketones is 1.